The first-order valence-corrected chi connectivity index (χ1v) is 7.59. The van der Waals surface area contributed by atoms with Crippen LogP contribution in [0.25, 0.3) is 0 Å². The molecule has 0 saturated carbocycles. The van der Waals surface area contributed by atoms with Gasteiger partial charge in [-0.15, -0.1) is 0 Å². The van der Waals surface area contributed by atoms with Crippen LogP contribution in [-0.4, -0.2) is 67.8 Å². The number of hydrogen-bond donors (Lipinski definition) is 3. The average molecular weight is 305 g/mol. The van der Waals surface area contributed by atoms with Gasteiger partial charge in [-0.25, -0.2) is 4.79 Å². The van der Waals surface area contributed by atoms with Crippen LogP contribution in [0.4, 0.5) is 10.5 Å². The summed E-state index contributed by atoms with van der Waals surface area (Å²) >= 11 is 0. The van der Waals surface area contributed by atoms with Gasteiger partial charge in [-0.3, -0.25) is 9.69 Å². The summed E-state index contributed by atoms with van der Waals surface area (Å²) in [6.45, 7) is 4.85. The summed E-state index contributed by atoms with van der Waals surface area (Å²) in [6, 6.07) is 6.90. The number of amides is 3. The van der Waals surface area contributed by atoms with E-state index in [1.165, 1.54) is 9.80 Å². The largest absolute Gasteiger partial charge is 0.508 e. The molecule has 0 radical (unpaired) electrons. The number of anilines is 1. The number of benzene rings is 1. The zero-order valence-electron chi connectivity index (χ0n) is 12.4. The fraction of sp³-hybridized carbons (Fsp3) is 0.467. The highest BCUT2D eigenvalue weighted by Crippen LogP contribution is 2.18. The molecule has 2 aliphatic heterocycles. The number of quaternary nitrogens is 1. The molecule has 3 amide bonds. The zero-order chi connectivity index (χ0) is 15.5. The van der Waals surface area contributed by atoms with E-state index in [2.05, 4.69) is 10.2 Å². The van der Waals surface area contributed by atoms with Gasteiger partial charge >= 0.3 is 6.03 Å². The van der Waals surface area contributed by atoms with Gasteiger partial charge in [0.05, 0.1) is 26.2 Å². The first-order valence-electron chi connectivity index (χ1n) is 7.59. The van der Waals surface area contributed by atoms with E-state index in [1.807, 2.05) is 12.1 Å². The molecule has 2 saturated heterocycles. The van der Waals surface area contributed by atoms with Crippen LogP contribution < -0.4 is 15.1 Å². The Bertz CT molecular complexity index is 552. The van der Waals surface area contributed by atoms with Gasteiger partial charge in [-0.05, 0) is 24.3 Å². The van der Waals surface area contributed by atoms with E-state index >= 15 is 0 Å². The lowest BCUT2D eigenvalue weighted by atomic mass is 10.2. The first kappa shape index (κ1) is 14.6. The van der Waals surface area contributed by atoms with Gasteiger partial charge in [0, 0.05) is 18.8 Å². The number of piperazine rings is 1. The molecule has 1 aromatic carbocycles. The van der Waals surface area contributed by atoms with E-state index in [0.29, 0.717) is 19.6 Å². The molecule has 0 aromatic heterocycles. The van der Waals surface area contributed by atoms with Gasteiger partial charge in [-0.2, -0.15) is 0 Å². The molecular formula is C15H21N4O3+. The van der Waals surface area contributed by atoms with Crippen molar-refractivity contribution >= 4 is 17.6 Å². The summed E-state index contributed by atoms with van der Waals surface area (Å²) in [5.74, 6) is 0.172. The van der Waals surface area contributed by atoms with Crippen LogP contribution in [0.3, 0.4) is 0 Å². The predicted molar refractivity (Wildman–Crippen MR) is 81.0 cm³/mol. The topological polar surface area (TPSA) is 77.3 Å². The lowest BCUT2D eigenvalue weighted by Gasteiger charge is -2.33. The van der Waals surface area contributed by atoms with Crippen LogP contribution in [0, 0.1) is 0 Å². The van der Waals surface area contributed by atoms with Crippen molar-refractivity contribution in [3.63, 3.8) is 0 Å². The Morgan fingerprint density at radius 3 is 2.45 bits per heavy atom. The second kappa shape index (κ2) is 6.23. The Balaban J connectivity index is 1.50. The minimum absolute atomic E-state index is 0.0944. The van der Waals surface area contributed by atoms with Crippen molar-refractivity contribution in [1.82, 2.24) is 10.2 Å². The minimum atomic E-state index is -0.271. The fourth-order valence-corrected chi connectivity index (χ4v) is 2.94. The zero-order valence-corrected chi connectivity index (χ0v) is 12.4. The molecule has 1 aromatic rings. The van der Waals surface area contributed by atoms with Crippen molar-refractivity contribution < 1.29 is 19.6 Å². The number of carbonyl (C=O) groups excluding carboxylic acids is 2. The second-order valence-corrected chi connectivity index (χ2v) is 5.71. The van der Waals surface area contributed by atoms with Crippen molar-refractivity contribution in [1.29, 1.82) is 0 Å². The van der Waals surface area contributed by atoms with Gasteiger partial charge in [0.15, 0.2) is 6.54 Å². The summed E-state index contributed by atoms with van der Waals surface area (Å²) in [5.41, 5.74) is 1.09. The molecule has 2 heterocycles. The molecule has 0 spiro atoms. The summed E-state index contributed by atoms with van der Waals surface area (Å²) in [6.07, 6.45) is 0. The van der Waals surface area contributed by atoms with Crippen LogP contribution in [0.1, 0.15) is 0 Å². The van der Waals surface area contributed by atoms with Gasteiger partial charge in [0.2, 0.25) is 0 Å². The highest BCUT2D eigenvalue weighted by atomic mass is 16.3. The lowest BCUT2D eigenvalue weighted by molar-refractivity contribution is -0.892. The maximum Gasteiger partial charge on any atom is 0.324 e. The number of imide groups is 1. The molecule has 3 rings (SSSR count). The number of rotatable bonds is 3. The monoisotopic (exact) mass is 305 g/mol. The third-order valence-electron chi connectivity index (χ3n) is 4.24. The van der Waals surface area contributed by atoms with Crippen LogP contribution in [0.15, 0.2) is 24.3 Å². The van der Waals surface area contributed by atoms with Crippen molar-refractivity contribution in [2.45, 2.75) is 0 Å². The number of carbonyl (C=O) groups is 2. The van der Waals surface area contributed by atoms with Crippen molar-refractivity contribution in [2.24, 2.45) is 0 Å². The summed E-state index contributed by atoms with van der Waals surface area (Å²) in [4.78, 5) is 28.4. The third kappa shape index (κ3) is 3.14. The number of nitrogens with zero attached hydrogens (tertiary/aromatic N) is 2. The molecule has 118 valence electrons. The maximum absolute atomic E-state index is 12.1. The van der Waals surface area contributed by atoms with Crippen LogP contribution >= 0.6 is 0 Å². The summed E-state index contributed by atoms with van der Waals surface area (Å²) < 4.78 is 0. The smallest absolute Gasteiger partial charge is 0.324 e. The average Bonchev–Trinajstić information content (AvgIpc) is 2.95. The van der Waals surface area contributed by atoms with Crippen molar-refractivity contribution in [3.8, 4) is 5.75 Å². The Hall–Kier alpha value is -2.28. The maximum atomic E-state index is 12.1. The van der Waals surface area contributed by atoms with E-state index in [9.17, 15) is 14.7 Å². The Morgan fingerprint density at radius 1 is 1.18 bits per heavy atom. The van der Waals surface area contributed by atoms with Gasteiger partial charge < -0.3 is 20.2 Å². The normalized spacial score (nSPS) is 19.4. The van der Waals surface area contributed by atoms with Crippen LogP contribution in [0.5, 0.6) is 5.75 Å². The van der Waals surface area contributed by atoms with Gasteiger partial charge in [0.25, 0.3) is 5.91 Å². The first-order chi connectivity index (χ1) is 10.6. The van der Waals surface area contributed by atoms with Crippen molar-refractivity contribution in [2.75, 3.05) is 50.7 Å². The molecule has 7 nitrogen and oxygen atoms in total. The highest BCUT2D eigenvalue weighted by Gasteiger charge is 2.30. The van der Waals surface area contributed by atoms with Crippen molar-refractivity contribution in [3.05, 3.63) is 24.3 Å². The summed E-state index contributed by atoms with van der Waals surface area (Å²) in [5, 5.41) is 12.0. The van der Waals surface area contributed by atoms with Crippen LogP contribution in [0.2, 0.25) is 0 Å². The van der Waals surface area contributed by atoms with E-state index in [1.54, 1.807) is 12.1 Å². The number of phenolic OH excluding ortho intramolecular Hbond substituents is 1. The standard InChI is InChI=1S/C15H20N4O3/c20-13-3-1-12(2-4-13)18-9-7-17(8-10-18)11-14(21)19-6-5-16-15(19)22/h1-4,20H,5-11H2,(H,16,22)/p+1. The van der Waals surface area contributed by atoms with Gasteiger partial charge in [0.1, 0.15) is 5.75 Å². The number of nitrogens with one attached hydrogen (secondary N) is 2. The molecule has 0 aliphatic carbocycles. The number of phenols is 1. The molecule has 7 heteroatoms. The lowest BCUT2D eigenvalue weighted by Crippen LogP contribution is -3.16. The SMILES string of the molecule is O=C(C[NH+]1CCN(c2ccc(O)cc2)CC1)N1CCNC1=O. The van der Waals surface area contributed by atoms with E-state index in [0.717, 1.165) is 31.9 Å². The molecular weight excluding hydrogens is 284 g/mol. The Morgan fingerprint density at radius 2 is 1.86 bits per heavy atom. The summed E-state index contributed by atoms with van der Waals surface area (Å²) in [7, 11) is 0. The molecule has 3 N–H and O–H groups in total. The fourth-order valence-electron chi connectivity index (χ4n) is 2.94. The molecule has 0 atom stereocenters. The molecule has 2 fully saturated rings. The van der Waals surface area contributed by atoms with E-state index in [4.69, 9.17) is 0 Å². The Labute approximate surface area is 129 Å². The predicted octanol–water partition coefficient (Wildman–Crippen LogP) is -1.35. The number of aromatic hydroxyl groups is 1. The van der Waals surface area contributed by atoms with Crippen LogP contribution in [-0.2, 0) is 4.79 Å². The highest BCUT2D eigenvalue weighted by molar-refractivity contribution is 5.96. The van der Waals surface area contributed by atoms with E-state index in [-0.39, 0.29) is 17.7 Å². The molecule has 22 heavy (non-hydrogen) atoms. The molecule has 0 unspecified atom stereocenters. The minimum Gasteiger partial charge on any atom is -0.508 e. The third-order valence-corrected chi connectivity index (χ3v) is 4.24. The van der Waals surface area contributed by atoms with E-state index < -0.39 is 0 Å². The Kier molecular flexibility index (Phi) is 4.15. The quantitative estimate of drug-likeness (QED) is 0.645. The molecule has 2 aliphatic rings. The number of hydrogen-bond acceptors (Lipinski definition) is 4. The van der Waals surface area contributed by atoms with Gasteiger partial charge in [-0.1, -0.05) is 0 Å². The number of urea groups is 1. The molecule has 0 bridgehead atoms. The second-order valence-electron chi connectivity index (χ2n) is 5.71.